The number of hydrogen-bond acceptors (Lipinski definition) is 2. The molecule has 1 heterocycles. The zero-order valence-electron chi connectivity index (χ0n) is 11.0. The van der Waals surface area contributed by atoms with Crippen molar-refractivity contribution >= 4 is 27.6 Å². The largest absolute Gasteiger partial charge is 0.322 e. The van der Waals surface area contributed by atoms with E-state index in [-0.39, 0.29) is 11.7 Å². The highest BCUT2D eigenvalue weighted by atomic mass is 79.9. The molecule has 0 bridgehead atoms. The predicted molar refractivity (Wildman–Crippen MR) is 76.9 cm³/mol. The first-order chi connectivity index (χ1) is 8.97. The second kappa shape index (κ2) is 5.88. The van der Waals surface area contributed by atoms with Gasteiger partial charge < -0.3 is 15.1 Å². The highest BCUT2D eigenvalue weighted by Gasteiger charge is 2.20. The summed E-state index contributed by atoms with van der Waals surface area (Å²) in [4.78, 5) is 15.9. The van der Waals surface area contributed by atoms with E-state index in [4.69, 9.17) is 0 Å². The number of carbonyl (C=O) groups excluding carboxylic acids is 1. The lowest BCUT2D eigenvalue weighted by Gasteiger charge is -2.32. The fraction of sp³-hybridized carbons (Fsp3) is 0.462. The zero-order valence-corrected chi connectivity index (χ0v) is 12.6. The number of likely N-dealkylation sites (N-methyl/N-ethyl adjacent to an activating group) is 1. The average Bonchev–Trinajstić information content (AvgIpc) is 2.36. The Hall–Kier alpha value is -1.14. The number of anilines is 1. The Kier molecular flexibility index (Phi) is 4.42. The number of aryl methyl sites for hydroxylation is 1. The quantitative estimate of drug-likeness (QED) is 0.859. The molecule has 1 N–H and O–H groups in total. The van der Waals surface area contributed by atoms with Gasteiger partial charge in [-0.25, -0.2) is 9.18 Å². The van der Waals surface area contributed by atoms with Crippen LogP contribution in [0.25, 0.3) is 0 Å². The molecule has 1 aromatic rings. The standard InChI is InChI=1S/C13H17BrFN3O/c1-9-7-12(11(15)8-10(9)14)16-13(19)18-5-3-17(2)4-6-18/h7-8H,3-6H2,1-2H3,(H,16,19). The summed E-state index contributed by atoms with van der Waals surface area (Å²) in [5.41, 5.74) is 1.11. The van der Waals surface area contributed by atoms with Crippen LogP contribution in [0, 0.1) is 12.7 Å². The maximum absolute atomic E-state index is 13.7. The molecule has 0 saturated carbocycles. The van der Waals surface area contributed by atoms with Gasteiger partial charge in [-0.1, -0.05) is 15.9 Å². The number of nitrogens with one attached hydrogen (secondary N) is 1. The van der Waals surface area contributed by atoms with E-state index in [0.717, 1.165) is 18.7 Å². The smallest absolute Gasteiger partial charge is 0.322 e. The van der Waals surface area contributed by atoms with E-state index in [1.54, 1.807) is 11.0 Å². The van der Waals surface area contributed by atoms with Crippen molar-refractivity contribution < 1.29 is 9.18 Å². The average molecular weight is 330 g/mol. The highest BCUT2D eigenvalue weighted by molar-refractivity contribution is 9.10. The monoisotopic (exact) mass is 329 g/mol. The number of halogens is 2. The van der Waals surface area contributed by atoms with Crippen LogP contribution < -0.4 is 5.32 Å². The molecule has 104 valence electrons. The van der Waals surface area contributed by atoms with Gasteiger partial charge in [-0.05, 0) is 31.7 Å². The van der Waals surface area contributed by atoms with E-state index in [1.807, 2.05) is 14.0 Å². The normalized spacial score (nSPS) is 16.5. The number of nitrogens with zero attached hydrogens (tertiary/aromatic N) is 2. The lowest BCUT2D eigenvalue weighted by Crippen LogP contribution is -2.48. The second-order valence-electron chi connectivity index (χ2n) is 4.80. The van der Waals surface area contributed by atoms with E-state index >= 15 is 0 Å². The minimum Gasteiger partial charge on any atom is -0.322 e. The van der Waals surface area contributed by atoms with Crippen LogP contribution in [0.1, 0.15) is 5.56 Å². The Morgan fingerprint density at radius 1 is 1.32 bits per heavy atom. The summed E-state index contributed by atoms with van der Waals surface area (Å²) >= 11 is 3.26. The summed E-state index contributed by atoms with van der Waals surface area (Å²) in [5.74, 6) is -0.431. The van der Waals surface area contributed by atoms with Gasteiger partial charge in [0.05, 0.1) is 5.69 Å². The molecule has 0 aliphatic carbocycles. The van der Waals surface area contributed by atoms with Crippen LogP contribution in [0.3, 0.4) is 0 Å². The number of carbonyl (C=O) groups is 1. The first-order valence-corrected chi connectivity index (χ1v) is 6.97. The minimum atomic E-state index is -0.431. The van der Waals surface area contributed by atoms with Gasteiger partial charge in [-0.2, -0.15) is 0 Å². The van der Waals surface area contributed by atoms with Crippen molar-refractivity contribution in [3.8, 4) is 0 Å². The molecule has 19 heavy (non-hydrogen) atoms. The molecule has 0 unspecified atom stereocenters. The summed E-state index contributed by atoms with van der Waals surface area (Å²) in [5, 5.41) is 2.64. The summed E-state index contributed by atoms with van der Waals surface area (Å²) in [6.07, 6.45) is 0. The molecular formula is C13H17BrFN3O. The van der Waals surface area contributed by atoms with Gasteiger partial charge in [-0.15, -0.1) is 0 Å². The summed E-state index contributed by atoms with van der Waals surface area (Å²) in [7, 11) is 2.02. The van der Waals surface area contributed by atoms with E-state index in [1.165, 1.54) is 6.07 Å². The third kappa shape index (κ3) is 3.45. The number of rotatable bonds is 1. The Morgan fingerprint density at radius 2 is 1.95 bits per heavy atom. The van der Waals surface area contributed by atoms with E-state index in [0.29, 0.717) is 17.6 Å². The van der Waals surface area contributed by atoms with Gasteiger partial charge in [0.15, 0.2) is 0 Å². The molecule has 2 rings (SSSR count). The van der Waals surface area contributed by atoms with Crippen LogP contribution in [-0.4, -0.2) is 49.1 Å². The number of amides is 2. The van der Waals surface area contributed by atoms with Gasteiger partial charge in [0.25, 0.3) is 0 Å². The topological polar surface area (TPSA) is 35.6 Å². The Labute approximate surface area is 120 Å². The van der Waals surface area contributed by atoms with Crippen LogP contribution in [-0.2, 0) is 0 Å². The van der Waals surface area contributed by atoms with Gasteiger partial charge >= 0.3 is 6.03 Å². The van der Waals surface area contributed by atoms with E-state index < -0.39 is 5.82 Å². The Bertz CT molecular complexity index is 487. The number of hydrogen-bond donors (Lipinski definition) is 1. The molecule has 0 spiro atoms. The maximum Gasteiger partial charge on any atom is 0.322 e. The van der Waals surface area contributed by atoms with Gasteiger partial charge in [0.1, 0.15) is 5.82 Å². The number of piperazine rings is 1. The molecule has 0 aromatic heterocycles. The van der Waals surface area contributed by atoms with E-state index in [2.05, 4.69) is 26.1 Å². The Balaban J connectivity index is 2.05. The van der Waals surface area contributed by atoms with E-state index in [9.17, 15) is 9.18 Å². The van der Waals surface area contributed by atoms with Crippen LogP contribution in [0.2, 0.25) is 0 Å². The van der Waals surface area contributed by atoms with Crippen LogP contribution in [0.4, 0.5) is 14.9 Å². The minimum absolute atomic E-state index is 0.227. The summed E-state index contributed by atoms with van der Waals surface area (Å²) in [6, 6.07) is 2.76. The van der Waals surface area contributed by atoms with Gasteiger partial charge in [0.2, 0.25) is 0 Å². The lowest BCUT2D eigenvalue weighted by atomic mass is 10.2. The molecule has 6 heteroatoms. The molecule has 0 atom stereocenters. The molecule has 1 saturated heterocycles. The predicted octanol–water partition coefficient (Wildman–Crippen LogP) is 2.68. The first-order valence-electron chi connectivity index (χ1n) is 6.17. The van der Waals surface area contributed by atoms with Crippen molar-refractivity contribution in [2.24, 2.45) is 0 Å². The van der Waals surface area contributed by atoms with Crippen LogP contribution >= 0.6 is 15.9 Å². The van der Waals surface area contributed by atoms with Crippen molar-refractivity contribution in [3.63, 3.8) is 0 Å². The van der Waals surface area contributed by atoms with Crippen molar-refractivity contribution in [1.29, 1.82) is 0 Å². The summed E-state index contributed by atoms with van der Waals surface area (Å²) < 4.78 is 14.4. The van der Waals surface area contributed by atoms with Crippen molar-refractivity contribution in [2.75, 3.05) is 38.5 Å². The maximum atomic E-state index is 13.7. The zero-order chi connectivity index (χ0) is 14.0. The molecule has 0 radical (unpaired) electrons. The fourth-order valence-electron chi connectivity index (χ4n) is 1.96. The van der Waals surface area contributed by atoms with Crippen molar-refractivity contribution in [1.82, 2.24) is 9.80 Å². The molecule has 4 nitrogen and oxygen atoms in total. The second-order valence-corrected chi connectivity index (χ2v) is 5.66. The molecular weight excluding hydrogens is 313 g/mol. The molecule has 1 aliphatic rings. The molecule has 2 amide bonds. The fourth-order valence-corrected chi connectivity index (χ4v) is 2.27. The molecule has 1 fully saturated rings. The number of benzene rings is 1. The SMILES string of the molecule is Cc1cc(NC(=O)N2CCN(C)CC2)c(F)cc1Br. The molecule has 1 aromatic carbocycles. The number of urea groups is 1. The molecule has 1 aliphatic heterocycles. The first kappa shape index (κ1) is 14.3. The highest BCUT2D eigenvalue weighted by Crippen LogP contribution is 2.24. The third-order valence-electron chi connectivity index (χ3n) is 3.28. The third-order valence-corrected chi connectivity index (χ3v) is 4.13. The lowest BCUT2D eigenvalue weighted by molar-refractivity contribution is 0.164. The van der Waals surface area contributed by atoms with Gasteiger partial charge in [0, 0.05) is 30.7 Å². The van der Waals surface area contributed by atoms with Crippen molar-refractivity contribution in [2.45, 2.75) is 6.92 Å². The van der Waals surface area contributed by atoms with Gasteiger partial charge in [-0.3, -0.25) is 0 Å². The van der Waals surface area contributed by atoms with Crippen LogP contribution in [0.5, 0.6) is 0 Å². The van der Waals surface area contributed by atoms with Crippen LogP contribution in [0.15, 0.2) is 16.6 Å². The Morgan fingerprint density at radius 3 is 2.58 bits per heavy atom. The van der Waals surface area contributed by atoms with Crippen molar-refractivity contribution in [3.05, 3.63) is 28.0 Å². The summed E-state index contributed by atoms with van der Waals surface area (Å²) in [6.45, 7) is 4.87.